The van der Waals surface area contributed by atoms with Crippen molar-refractivity contribution in [1.29, 1.82) is 0 Å². The van der Waals surface area contributed by atoms with Crippen molar-refractivity contribution in [1.82, 2.24) is 24.3 Å². The van der Waals surface area contributed by atoms with Crippen LogP contribution in [0.15, 0.2) is 41.5 Å². The topological polar surface area (TPSA) is 104 Å². The fourth-order valence-electron chi connectivity index (χ4n) is 3.79. The second-order valence-corrected chi connectivity index (χ2v) is 8.23. The highest BCUT2D eigenvalue weighted by molar-refractivity contribution is 6.29. The summed E-state index contributed by atoms with van der Waals surface area (Å²) in [6, 6.07) is 6.74. The summed E-state index contributed by atoms with van der Waals surface area (Å²) in [5.41, 5.74) is 3.42. The average Bonchev–Trinajstić information content (AvgIpc) is 3.22. The summed E-state index contributed by atoms with van der Waals surface area (Å²) in [5, 5.41) is 8.19. The normalized spacial score (nSPS) is 12.1. The van der Waals surface area contributed by atoms with Crippen LogP contribution in [-0.4, -0.2) is 37.4 Å². The standard InChI is InChI=1S/C23H23ClN6O3/c1-12-8-15(13(2)26-17-6-7-18(24)27-20(17)23(32)33-5)19-16(9-12)22(31)30(4)21(28-19)14-10-25-29(3)11-14/h6-11,13,26H,1-5H3/t13-/m1/s1. The summed E-state index contributed by atoms with van der Waals surface area (Å²) in [6.45, 7) is 3.85. The number of ether oxygens (including phenoxy) is 1. The van der Waals surface area contributed by atoms with Gasteiger partial charge in [-0.25, -0.2) is 14.8 Å². The van der Waals surface area contributed by atoms with E-state index in [1.54, 1.807) is 30.1 Å². The molecule has 0 radical (unpaired) electrons. The zero-order chi connectivity index (χ0) is 23.9. The van der Waals surface area contributed by atoms with Gasteiger partial charge < -0.3 is 10.1 Å². The maximum Gasteiger partial charge on any atom is 0.358 e. The van der Waals surface area contributed by atoms with Crippen LogP contribution in [0, 0.1) is 6.92 Å². The first kappa shape index (κ1) is 22.5. The number of hydrogen-bond acceptors (Lipinski definition) is 7. The number of halogens is 1. The van der Waals surface area contributed by atoms with Crippen molar-refractivity contribution in [2.24, 2.45) is 14.1 Å². The molecular weight excluding hydrogens is 444 g/mol. The molecule has 0 bridgehead atoms. The second kappa shape index (κ2) is 8.67. The highest BCUT2D eigenvalue weighted by Gasteiger charge is 2.21. The molecule has 0 aliphatic carbocycles. The molecule has 0 unspecified atom stereocenters. The molecule has 1 atom stereocenters. The number of carbonyl (C=O) groups excluding carboxylic acids is 1. The van der Waals surface area contributed by atoms with E-state index in [4.69, 9.17) is 21.3 Å². The van der Waals surface area contributed by atoms with Crippen molar-refractivity contribution in [2.45, 2.75) is 19.9 Å². The van der Waals surface area contributed by atoms with Gasteiger partial charge >= 0.3 is 5.97 Å². The number of nitrogens with one attached hydrogen (secondary N) is 1. The van der Waals surface area contributed by atoms with Gasteiger partial charge in [0, 0.05) is 25.9 Å². The van der Waals surface area contributed by atoms with Crippen LogP contribution in [0.4, 0.5) is 5.69 Å². The van der Waals surface area contributed by atoms with Crippen molar-refractivity contribution < 1.29 is 9.53 Å². The average molecular weight is 467 g/mol. The third-order valence-electron chi connectivity index (χ3n) is 5.40. The van der Waals surface area contributed by atoms with E-state index in [-0.39, 0.29) is 22.4 Å². The van der Waals surface area contributed by atoms with Gasteiger partial charge in [-0.3, -0.25) is 14.0 Å². The monoisotopic (exact) mass is 466 g/mol. The lowest BCUT2D eigenvalue weighted by Gasteiger charge is -2.20. The lowest BCUT2D eigenvalue weighted by molar-refractivity contribution is 0.0595. The fraction of sp³-hybridized carbons (Fsp3) is 0.261. The molecule has 4 rings (SSSR count). The summed E-state index contributed by atoms with van der Waals surface area (Å²) >= 11 is 5.98. The molecule has 9 nitrogen and oxygen atoms in total. The Kier molecular flexibility index (Phi) is 5.90. The van der Waals surface area contributed by atoms with Crippen molar-refractivity contribution in [2.75, 3.05) is 12.4 Å². The first-order valence-corrected chi connectivity index (χ1v) is 10.6. The number of nitrogens with zero attached hydrogens (tertiary/aromatic N) is 5. The lowest BCUT2D eigenvalue weighted by Crippen LogP contribution is -2.22. The highest BCUT2D eigenvalue weighted by Crippen LogP contribution is 2.29. The van der Waals surface area contributed by atoms with Gasteiger partial charge in [-0.2, -0.15) is 5.10 Å². The summed E-state index contributed by atoms with van der Waals surface area (Å²) in [6.07, 6.45) is 3.48. The summed E-state index contributed by atoms with van der Waals surface area (Å²) in [5.74, 6) is -0.0894. The molecule has 0 saturated carbocycles. The Morgan fingerprint density at radius 1 is 1.21 bits per heavy atom. The fourth-order valence-corrected chi connectivity index (χ4v) is 3.94. The van der Waals surface area contributed by atoms with E-state index >= 15 is 0 Å². The molecule has 0 aliphatic rings. The Hall–Kier alpha value is -3.72. The SMILES string of the molecule is COC(=O)c1nc(Cl)ccc1N[C@H](C)c1cc(C)cc2c(=O)n(C)c(-c3cnn(C)c3)nc12. The van der Waals surface area contributed by atoms with E-state index in [2.05, 4.69) is 15.4 Å². The number of aryl methyl sites for hydroxylation is 2. The Bertz CT molecular complexity index is 1440. The number of pyridine rings is 1. The van der Waals surface area contributed by atoms with Gasteiger partial charge in [-0.15, -0.1) is 0 Å². The Morgan fingerprint density at radius 2 is 1.97 bits per heavy atom. The Morgan fingerprint density at radius 3 is 2.64 bits per heavy atom. The van der Waals surface area contributed by atoms with Crippen molar-refractivity contribution in [3.8, 4) is 11.4 Å². The molecule has 3 heterocycles. The summed E-state index contributed by atoms with van der Waals surface area (Å²) in [7, 11) is 4.79. The van der Waals surface area contributed by atoms with Gasteiger partial charge in [0.1, 0.15) is 11.0 Å². The first-order valence-electron chi connectivity index (χ1n) is 10.2. The number of benzene rings is 1. The molecular formula is C23H23ClN6O3. The quantitative estimate of drug-likeness (QED) is 0.353. The smallest absolute Gasteiger partial charge is 0.358 e. The van der Waals surface area contributed by atoms with Crippen LogP contribution in [0.5, 0.6) is 0 Å². The second-order valence-electron chi connectivity index (χ2n) is 7.84. The van der Waals surface area contributed by atoms with E-state index in [0.717, 1.165) is 16.7 Å². The molecule has 33 heavy (non-hydrogen) atoms. The van der Waals surface area contributed by atoms with Crippen molar-refractivity contribution >= 4 is 34.2 Å². The van der Waals surface area contributed by atoms with E-state index in [1.165, 1.54) is 11.7 Å². The molecule has 0 amide bonds. The molecule has 4 aromatic rings. The number of rotatable bonds is 5. The Balaban J connectivity index is 1.87. The van der Waals surface area contributed by atoms with Crippen LogP contribution in [0.1, 0.15) is 34.6 Å². The van der Waals surface area contributed by atoms with Crippen LogP contribution >= 0.6 is 11.6 Å². The van der Waals surface area contributed by atoms with Crippen LogP contribution in [0.3, 0.4) is 0 Å². The minimum Gasteiger partial charge on any atom is -0.464 e. The number of carbonyl (C=O) groups is 1. The van der Waals surface area contributed by atoms with Gasteiger partial charge in [-0.1, -0.05) is 17.7 Å². The van der Waals surface area contributed by atoms with E-state index < -0.39 is 5.97 Å². The zero-order valence-electron chi connectivity index (χ0n) is 18.9. The summed E-state index contributed by atoms with van der Waals surface area (Å²) in [4.78, 5) is 34.4. The zero-order valence-corrected chi connectivity index (χ0v) is 19.6. The molecule has 0 saturated heterocycles. The number of hydrogen-bond donors (Lipinski definition) is 1. The molecule has 1 aromatic carbocycles. The van der Waals surface area contributed by atoms with Crippen molar-refractivity contribution in [3.63, 3.8) is 0 Å². The van der Waals surface area contributed by atoms with Crippen LogP contribution in [0.25, 0.3) is 22.3 Å². The van der Waals surface area contributed by atoms with Gasteiger partial charge in [-0.05, 0) is 37.6 Å². The summed E-state index contributed by atoms with van der Waals surface area (Å²) < 4.78 is 8.03. The maximum atomic E-state index is 13.2. The molecule has 1 N–H and O–H groups in total. The molecule has 170 valence electrons. The number of methoxy groups -OCH3 is 1. The highest BCUT2D eigenvalue weighted by atomic mass is 35.5. The van der Waals surface area contributed by atoms with Gasteiger partial charge in [0.05, 0.1) is 41.5 Å². The van der Waals surface area contributed by atoms with Crippen LogP contribution < -0.4 is 10.9 Å². The van der Waals surface area contributed by atoms with Gasteiger partial charge in [0.25, 0.3) is 5.56 Å². The Labute approximate surface area is 195 Å². The van der Waals surface area contributed by atoms with Crippen LogP contribution in [-0.2, 0) is 18.8 Å². The maximum absolute atomic E-state index is 13.2. The third kappa shape index (κ3) is 4.19. The number of esters is 1. The molecule has 0 spiro atoms. The minimum atomic E-state index is -0.604. The number of aromatic nitrogens is 5. The molecule has 3 aromatic heterocycles. The van der Waals surface area contributed by atoms with Gasteiger partial charge in [0.15, 0.2) is 5.69 Å². The predicted octanol–water partition coefficient (Wildman–Crippen LogP) is 3.65. The third-order valence-corrected chi connectivity index (χ3v) is 5.61. The lowest BCUT2D eigenvalue weighted by atomic mass is 10.0. The number of anilines is 1. The largest absolute Gasteiger partial charge is 0.464 e. The van der Waals surface area contributed by atoms with Crippen LogP contribution in [0.2, 0.25) is 5.15 Å². The minimum absolute atomic E-state index is 0.0775. The van der Waals surface area contributed by atoms with E-state index in [9.17, 15) is 9.59 Å². The van der Waals surface area contributed by atoms with E-state index in [0.29, 0.717) is 22.4 Å². The molecule has 0 fully saturated rings. The number of fused-ring (bicyclic) bond motifs is 1. The van der Waals surface area contributed by atoms with Crippen molar-refractivity contribution in [3.05, 3.63) is 69.0 Å². The van der Waals surface area contributed by atoms with Gasteiger partial charge in [0.2, 0.25) is 0 Å². The molecule has 0 aliphatic heterocycles. The molecule has 10 heteroatoms. The predicted molar refractivity (Wildman–Crippen MR) is 127 cm³/mol. The van der Waals surface area contributed by atoms with E-state index in [1.807, 2.05) is 39.2 Å². The first-order chi connectivity index (χ1) is 15.7.